The van der Waals surface area contributed by atoms with Crippen molar-refractivity contribution in [2.24, 2.45) is 0 Å². The predicted octanol–water partition coefficient (Wildman–Crippen LogP) is 4.23. The molecule has 0 bridgehead atoms. The number of rotatable bonds is 4. The van der Waals surface area contributed by atoms with Gasteiger partial charge in [0, 0.05) is 10.6 Å². The lowest BCUT2D eigenvalue weighted by Gasteiger charge is -2.03. The monoisotopic (exact) mass is 384 g/mol. The molecule has 2 aromatic carbocycles. The molecule has 8 heteroatoms. The summed E-state index contributed by atoms with van der Waals surface area (Å²) in [6, 6.07) is 12.7. The quantitative estimate of drug-likeness (QED) is 0.530. The second kappa shape index (κ2) is 6.93. The number of hydrogen-bond acceptors (Lipinski definition) is 6. The van der Waals surface area contributed by atoms with Crippen molar-refractivity contribution in [3.05, 3.63) is 69.2 Å². The second-order valence-electron chi connectivity index (χ2n) is 5.65. The van der Waals surface area contributed by atoms with Crippen molar-refractivity contribution in [3.8, 4) is 11.5 Å². The van der Waals surface area contributed by atoms with Crippen LogP contribution in [0.25, 0.3) is 22.4 Å². The molecule has 4 aromatic rings. The number of benzene rings is 2. The number of para-hydroxylation sites is 1. The first-order valence-corrected chi connectivity index (χ1v) is 9.17. The van der Waals surface area contributed by atoms with E-state index in [1.807, 2.05) is 31.2 Å². The van der Waals surface area contributed by atoms with Gasteiger partial charge in [0.2, 0.25) is 5.89 Å². The highest BCUT2D eigenvalue weighted by Gasteiger charge is 2.11. The average Bonchev–Trinajstić information content (AvgIpc) is 3.10. The van der Waals surface area contributed by atoms with Crippen LogP contribution in [0.2, 0.25) is 5.02 Å². The number of aromatic nitrogens is 4. The molecule has 0 aliphatic heterocycles. The van der Waals surface area contributed by atoms with Crippen LogP contribution in [0, 0.1) is 6.92 Å². The van der Waals surface area contributed by atoms with Crippen LogP contribution in [0.1, 0.15) is 11.4 Å². The summed E-state index contributed by atoms with van der Waals surface area (Å²) in [7, 11) is 0. The van der Waals surface area contributed by atoms with Crippen molar-refractivity contribution in [1.82, 2.24) is 20.2 Å². The molecule has 0 aliphatic carbocycles. The third-order valence-corrected chi connectivity index (χ3v) is 4.90. The molecular weight excluding hydrogens is 372 g/mol. The SMILES string of the molecule is Cc1cccc2c(=O)[nH]c(CSc3nnc(-c4ccc(Cl)cc4)o3)nc12. The number of halogens is 1. The topological polar surface area (TPSA) is 84.7 Å². The summed E-state index contributed by atoms with van der Waals surface area (Å²) in [5.74, 6) is 1.40. The van der Waals surface area contributed by atoms with Gasteiger partial charge in [0.15, 0.2) is 0 Å². The molecular formula is C18H13ClN4O2S. The first-order chi connectivity index (χ1) is 12.6. The number of nitrogens with one attached hydrogen (secondary N) is 1. The molecule has 0 saturated heterocycles. The minimum absolute atomic E-state index is 0.151. The molecule has 0 aliphatic rings. The van der Waals surface area contributed by atoms with E-state index in [-0.39, 0.29) is 5.56 Å². The Morgan fingerprint density at radius 1 is 1.15 bits per heavy atom. The summed E-state index contributed by atoms with van der Waals surface area (Å²) >= 11 is 7.20. The van der Waals surface area contributed by atoms with Crippen molar-refractivity contribution in [3.63, 3.8) is 0 Å². The number of aryl methyl sites for hydroxylation is 1. The van der Waals surface area contributed by atoms with Gasteiger partial charge in [0.05, 0.1) is 16.7 Å². The van der Waals surface area contributed by atoms with Crippen LogP contribution >= 0.6 is 23.4 Å². The molecule has 2 aromatic heterocycles. The summed E-state index contributed by atoms with van der Waals surface area (Å²) < 4.78 is 5.65. The van der Waals surface area contributed by atoms with E-state index in [9.17, 15) is 4.79 Å². The maximum atomic E-state index is 12.2. The minimum Gasteiger partial charge on any atom is -0.411 e. The fourth-order valence-electron chi connectivity index (χ4n) is 2.53. The van der Waals surface area contributed by atoms with E-state index in [4.69, 9.17) is 16.0 Å². The zero-order valence-corrected chi connectivity index (χ0v) is 15.3. The summed E-state index contributed by atoms with van der Waals surface area (Å²) in [5.41, 5.74) is 2.31. The molecule has 0 unspecified atom stereocenters. The molecule has 1 N–H and O–H groups in total. The lowest BCUT2D eigenvalue weighted by Crippen LogP contribution is -2.11. The van der Waals surface area contributed by atoms with Crippen LogP contribution in [0.4, 0.5) is 0 Å². The van der Waals surface area contributed by atoms with Gasteiger partial charge in [-0.1, -0.05) is 35.5 Å². The summed E-state index contributed by atoms with van der Waals surface area (Å²) in [6.07, 6.45) is 0. The lowest BCUT2D eigenvalue weighted by molar-refractivity contribution is 0.465. The molecule has 0 fully saturated rings. The molecule has 4 rings (SSSR count). The van der Waals surface area contributed by atoms with E-state index in [0.29, 0.717) is 38.6 Å². The van der Waals surface area contributed by atoms with Gasteiger partial charge in [-0.2, -0.15) is 0 Å². The number of hydrogen-bond donors (Lipinski definition) is 1. The fraction of sp³-hybridized carbons (Fsp3) is 0.111. The third-order valence-electron chi connectivity index (χ3n) is 3.82. The average molecular weight is 385 g/mol. The van der Waals surface area contributed by atoms with Crippen LogP contribution in [0.3, 0.4) is 0 Å². The van der Waals surface area contributed by atoms with Crippen LogP contribution < -0.4 is 5.56 Å². The van der Waals surface area contributed by atoms with E-state index in [1.54, 1.807) is 18.2 Å². The largest absolute Gasteiger partial charge is 0.411 e. The van der Waals surface area contributed by atoms with Gasteiger partial charge in [-0.15, -0.1) is 10.2 Å². The van der Waals surface area contributed by atoms with E-state index < -0.39 is 0 Å². The fourth-order valence-corrected chi connectivity index (χ4v) is 3.29. The smallest absolute Gasteiger partial charge is 0.277 e. The van der Waals surface area contributed by atoms with Crippen LogP contribution in [0.15, 0.2) is 56.9 Å². The highest BCUT2D eigenvalue weighted by atomic mass is 35.5. The van der Waals surface area contributed by atoms with E-state index >= 15 is 0 Å². The highest BCUT2D eigenvalue weighted by Crippen LogP contribution is 2.26. The maximum Gasteiger partial charge on any atom is 0.277 e. The van der Waals surface area contributed by atoms with E-state index in [0.717, 1.165) is 11.1 Å². The van der Waals surface area contributed by atoms with Crippen molar-refractivity contribution in [1.29, 1.82) is 0 Å². The standard InChI is InChI=1S/C18H13ClN4O2S/c1-10-3-2-4-13-15(10)20-14(21-16(13)24)9-26-18-23-22-17(25-18)11-5-7-12(19)8-6-11/h2-8H,9H2,1H3,(H,20,21,24). The molecule has 6 nitrogen and oxygen atoms in total. The maximum absolute atomic E-state index is 12.2. The van der Waals surface area contributed by atoms with E-state index in [1.165, 1.54) is 11.8 Å². The Hall–Kier alpha value is -2.64. The zero-order chi connectivity index (χ0) is 18.1. The Labute approximate surface area is 157 Å². The summed E-state index contributed by atoms with van der Waals surface area (Å²) in [5, 5.41) is 9.70. The highest BCUT2D eigenvalue weighted by molar-refractivity contribution is 7.98. The van der Waals surface area contributed by atoms with Crippen LogP contribution in [0.5, 0.6) is 0 Å². The van der Waals surface area contributed by atoms with Gasteiger partial charge < -0.3 is 9.40 Å². The molecule has 0 spiro atoms. The molecule has 0 atom stereocenters. The molecule has 130 valence electrons. The lowest BCUT2D eigenvalue weighted by atomic mass is 10.1. The van der Waals surface area contributed by atoms with Crippen LogP contribution in [-0.4, -0.2) is 20.2 Å². The first kappa shape index (κ1) is 16.8. The van der Waals surface area contributed by atoms with Crippen LogP contribution in [-0.2, 0) is 5.75 Å². The Balaban J connectivity index is 1.54. The van der Waals surface area contributed by atoms with Gasteiger partial charge in [-0.25, -0.2) is 4.98 Å². The molecule has 2 heterocycles. The number of nitrogens with zero attached hydrogens (tertiary/aromatic N) is 3. The summed E-state index contributed by atoms with van der Waals surface area (Å²) in [4.78, 5) is 19.6. The van der Waals surface area contributed by atoms with Crippen molar-refractivity contribution >= 4 is 34.3 Å². The number of aromatic amines is 1. The zero-order valence-electron chi connectivity index (χ0n) is 13.7. The Kier molecular flexibility index (Phi) is 4.48. The second-order valence-corrected chi connectivity index (χ2v) is 7.02. The molecule has 0 radical (unpaired) electrons. The Bertz CT molecular complexity index is 1140. The number of H-pyrrole nitrogens is 1. The summed E-state index contributed by atoms with van der Waals surface area (Å²) in [6.45, 7) is 1.93. The predicted molar refractivity (Wildman–Crippen MR) is 101 cm³/mol. The molecule has 26 heavy (non-hydrogen) atoms. The van der Waals surface area contributed by atoms with Crippen molar-refractivity contribution < 1.29 is 4.42 Å². The van der Waals surface area contributed by atoms with Crippen molar-refractivity contribution in [2.45, 2.75) is 17.9 Å². The third kappa shape index (κ3) is 3.36. The molecule has 0 amide bonds. The Morgan fingerprint density at radius 2 is 1.96 bits per heavy atom. The van der Waals surface area contributed by atoms with Gasteiger partial charge in [0.25, 0.3) is 10.8 Å². The van der Waals surface area contributed by atoms with Crippen molar-refractivity contribution in [2.75, 3.05) is 0 Å². The van der Waals surface area contributed by atoms with E-state index in [2.05, 4.69) is 20.2 Å². The van der Waals surface area contributed by atoms with Gasteiger partial charge in [0.1, 0.15) is 5.82 Å². The normalized spacial score (nSPS) is 11.2. The minimum atomic E-state index is -0.151. The number of fused-ring (bicyclic) bond motifs is 1. The van der Waals surface area contributed by atoms with Gasteiger partial charge >= 0.3 is 0 Å². The first-order valence-electron chi connectivity index (χ1n) is 7.81. The number of thioether (sulfide) groups is 1. The van der Waals surface area contributed by atoms with Gasteiger partial charge in [-0.05, 0) is 42.8 Å². The molecule has 0 saturated carbocycles. The Morgan fingerprint density at radius 3 is 2.77 bits per heavy atom. The van der Waals surface area contributed by atoms with Gasteiger partial charge in [-0.3, -0.25) is 4.79 Å².